The lowest BCUT2D eigenvalue weighted by Gasteiger charge is -2.41. The van der Waals surface area contributed by atoms with Crippen molar-refractivity contribution in [2.45, 2.75) is 32.6 Å². The quantitative estimate of drug-likeness (QED) is 0.909. The van der Waals surface area contributed by atoms with E-state index >= 15 is 0 Å². The molecule has 0 unspecified atom stereocenters. The molecule has 1 aliphatic carbocycles. The van der Waals surface area contributed by atoms with E-state index in [2.05, 4.69) is 37.3 Å². The summed E-state index contributed by atoms with van der Waals surface area (Å²) in [6.45, 7) is 3.09. The Bertz CT molecular complexity index is 574. The van der Waals surface area contributed by atoms with Crippen LogP contribution in [-0.4, -0.2) is 36.3 Å². The van der Waals surface area contributed by atoms with Gasteiger partial charge in [0.1, 0.15) is 12.7 Å². The predicted octanol–water partition coefficient (Wildman–Crippen LogP) is 2.10. The zero-order valence-electron chi connectivity index (χ0n) is 11.3. The van der Waals surface area contributed by atoms with Gasteiger partial charge in [0, 0.05) is 6.54 Å². The second kappa shape index (κ2) is 5.32. The maximum Gasteiger partial charge on any atom is 0.258 e. The molecule has 106 valence electrons. The molecule has 0 bridgehead atoms. The highest BCUT2D eigenvalue weighted by Gasteiger charge is 2.34. The number of hydrogen-bond acceptors (Lipinski definition) is 6. The Morgan fingerprint density at radius 3 is 2.80 bits per heavy atom. The molecule has 3 rings (SSSR count). The molecule has 2 heterocycles. The number of nitrogens with one attached hydrogen (secondary N) is 1. The molecule has 0 saturated heterocycles. The van der Waals surface area contributed by atoms with Crippen molar-refractivity contribution in [3.63, 3.8) is 0 Å². The zero-order chi connectivity index (χ0) is 14.0. The molecular weight excluding hydrogens is 278 g/mol. The monoisotopic (exact) mass is 293 g/mol. The molecule has 8 heteroatoms. The second-order valence-corrected chi connectivity index (χ2v) is 5.47. The highest BCUT2D eigenvalue weighted by Crippen LogP contribution is 2.43. The Labute approximate surface area is 121 Å². The zero-order valence-corrected chi connectivity index (χ0v) is 12.0. The lowest BCUT2D eigenvalue weighted by molar-refractivity contribution is 0.144. The first-order valence-corrected chi connectivity index (χ1v) is 7.09. The summed E-state index contributed by atoms with van der Waals surface area (Å²) in [6, 6.07) is 0. The number of rotatable bonds is 5. The van der Waals surface area contributed by atoms with E-state index in [1.165, 1.54) is 36.6 Å². The van der Waals surface area contributed by atoms with Crippen molar-refractivity contribution in [3.05, 3.63) is 17.9 Å². The highest BCUT2D eigenvalue weighted by atomic mass is 35.5. The number of nitrogens with zero attached hydrogens (tertiary/aromatic N) is 6. The Morgan fingerprint density at radius 1 is 1.35 bits per heavy atom. The maximum atomic E-state index is 5.93. The number of aromatic nitrogens is 6. The van der Waals surface area contributed by atoms with Crippen LogP contribution in [0.25, 0.3) is 5.95 Å². The van der Waals surface area contributed by atoms with E-state index in [9.17, 15) is 0 Å². The molecule has 0 spiro atoms. The molecule has 0 aliphatic heterocycles. The SMILES string of the molecule is CCC1(CNc2nc(Cl)nc(-n3cncn3)n2)CCC1. The molecule has 2 aromatic heterocycles. The van der Waals surface area contributed by atoms with Gasteiger partial charge in [0.05, 0.1) is 0 Å². The third kappa shape index (κ3) is 2.58. The highest BCUT2D eigenvalue weighted by molar-refractivity contribution is 6.28. The minimum Gasteiger partial charge on any atom is -0.353 e. The van der Waals surface area contributed by atoms with Gasteiger partial charge in [-0.15, -0.1) is 0 Å². The van der Waals surface area contributed by atoms with Gasteiger partial charge in [-0.2, -0.15) is 24.7 Å². The first kappa shape index (κ1) is 13.2. The van der Waals surface area contributed by atoms with Crippen molar-refractivity contribution in [2.75, 3.05) is 11.9 Å². The minimum atomic E-state index is 0.146. The van der Waals surface area contributed by atoms with Crippen LogP contribution in [0.5, 0.6) is 0 Å². The second-order valence-electron chi connectivity index (χ2n) is 5.13. The summed E-state index contributed by atoms with van der Waals surface area (Å²) in [7, 11) is 0. The van der Waals surface area contributed by atoms with Gasteiger partial charge in [-0.25, -0.2) is 4.98 Å². The standard InChI is InChI=1S/C12H16ClN7/c1-2-12(4-3-5-12)6-15-10-17-9(13)18-11(19-10)20-8-14-7-16-20/h7-8H,2-6H2,1H3,(H,15,17,18,19). The molecule has 1 aliphatic rings. The average Bonchev–Trinajstić information content (AvgIpc) is 2.91. The van der Waals surface area contributed by atoms with E-state index in [0.717, 1.165) is 13.0 Å². The van der Waals surface area contributed by atoms with Crippen LogP contribution >= 0.6 is 11.6 Å². The van der Waals surface area contributed by atoms with Gasteiger partial charge in [-0.1, -0.05) is 13.3 Å². The Morgan fingerprint density at radius 2 is 2.20 bits per heavy atom. The van der Waals surface area contributed by atoms with E-state index in [1.807, 2.05) is 0 Å². The summed E-state index contributed by atoms with van der Waals surface area (Å²) < 4.78 is 1.46. The van der Waals surface area contributed by atoms with Crippen LogP contribution in [0.1, 0.15) is 32.6 Å². The summed E-state index contributed by atoms with van der Waals surface area (Å²) in [5.41, 5.74) is 0.381. The third-order valence-corrected chi connectivity index (χ3v) is 4.17. The molecule has 0 amide bonds. The fraction of sp³-hybridized carbons (Fsp3) is 0.583. The van der Waals surface area contributed by atoms with Crippen molar-refractivity contribution in [1.29, 1.82) is 0 Å². The first-order valence-electron chi connectivity index (χ1n) is 6.71. The Balaban J connectivity index is 1.76. The van der Waals surface area contributed by atoms with Gasteiger partial charge in [0.15, 0.2) is 0 Å². The van der Waals surface area contributed by atoms with Gasteiger partial charge in [0.25, 0.3) is 5.95 Å². The van der Waals surface area contributed by atoms with Crippen LogP contribution in [-0.2, 0) is 0 Å². The van der Waals surface area contributed by atoms with E-state index in [-0.39, 0.29) is 5.28 Å². The van der Waals surface area contributed by atoms with Gasteiger partial charge in [-0.05, 0) is 36.3 Å². The van der Waals surface area contributed by atoms with E-state index in [4.69, 9.17) is 11.6 Å². The van der Waals surface area contributed by atoms with Crippen LogP contribution in [0.15, 0.2) is 12.7 Å². The Kier molecular flexibility index (Phi) is 3.52. The lowest BCUT2D eigenvalue weighted by Crippen LogP contribution is -2.36. The van der Waals surface area contributed by atoms with Gasteiger partial charge < -0.3 is 5.32 Å². The molecule has 1 saturated carbocycles. The molecule has 0 radical (unpaired) electrons. The van der Waals surface area contributed by atoms with Crippen LogP contribution in [0.3, 0.4) is 0 Å². The van der Waals surface area contributed by atoms with Crippen LogP contribution < -0.4 is 5.32 Å². The molecular formula is C12H16ClN7. The fourth-order valence-electron chi connectivity index (χ4n) is 2.43. The van der Waals surface area contributed by atoms with Crippen LogP contribution in [0.2, 0.25) is 5.28 Å². The first-order chi connectivity index (χ1) is 9.71. The number of anilines is 1. The molecule has 1 N–H and O–H groups in total. The summed E-state index contributed by atoms with van der Waals surface area (Å²) in [6.07, 6.45) is 7.92. The van der Waals surface area contributed by atoms with Crippen molar-refractivity contribution in [1.82, 2.24) is 29.7 Å². The largest absolute Gasteiger partial charge is 0.353 e. The normalized spacial score (nSPS) is 16.7. The van der Waals surface area contributed by atoms with Crippen molar-refractivity contribution >= 4 is 17.5 Å². The van der Waals surface area contributed by atoms with E-state index < -0.39 is 0 Å². The number of halogens is 1. The molecule has 20 heavy (non-hydrogen) atoms. The summed E-state index contributed by atoms with van der Waals surface area (Å²) in [5.74, 6) is 0.847. The molecule has 0 atom stereocenters. The predicted molar refractivity (Wildman–Crippen MR) is 74.8 cm³/mol. The minimum absolute atomic E-state index is 0.146. The summed E-state index contributed by atoms with van der Waals surface area (Å²) >= 11 is 5.93. The van der Waals surface area contributed by atoms with E-state index in [1.54, 1.807) is 0 Å². The lowest BCUT2D eigenvalue weighted by atomic mass is 9.67. The average molecular weight is 294 g/mol. The van der Waals surface area contributed by atoms with Gasteiger partial charge in [0.2, 0.25) is 11.2 Å². The molecule has 7 nitrogen and oxygen atoms in total. The number of hydrogen-bond donors (Lipinski definition) is 1. The maximum absolute atomic E-state index is 5.93. The van der Waals surface area contributed by atoms with Crippen molar-refractivity contribution in [3.8, 4) is 5.95 Å². The van der Waals surface area contributed by atoms with Crippen LogP contribution in [0, 0.1) is 5.41 Å². The van der Waals surface area contributed by atoms with Crippen LogP contribution in [0.4, 0.5) is 5.95 Å². The molecule has 0 aromatic carbocycles. The molecule has 1 fully saturated rings. The smallest absolute Gasteiger partial charge is 0.258 e. The van der Waals surface area contributed by atoms with Gasteiger partial charge >= 0.3 is 0 Å². The molecule has 2 aromatic rings. The summed E-state index contributed by atoms with van der Waals surface area (Å²) in [5, 5.41) is 7.41. The van der Waals surface area contributed by atoms with Crippen molar-refractivity contribution < 1.29 is 0 Å². The fourth-order valence-corrected chi connectivity index (χ4v) is 2.59. The van der Waals surface area contributed by atoms with E-state index in [0.29, 0.717) is 17.3 Å². The Hall–Kier alpha value is -1.76. The van der Waals surface area contributed by atoms with Crippen molar-refractivity contribution in [2.24, 2.45) is 5.41 Å². The summed E-state index contributed by atoms with van der Waals surface area (Å²) in [4.78, 5) is 16.3. The third-order valence-electron chi connectivity index (χ3n) is 4.01. The topological polar surface area (TPSA) is 81.4 Å². The van der Waals surface area contributed by atoms with Gasteiger partial charge in [-0.3, -0.25) is 0 Å².